The van der Waals surface area contributed by atoms with Gasteiger partial charge in [-0.25, -0.2) is 9.37 Å². The first-order valence-corrected chi connectivity index (χ1v) is 9.46. The van der Waals surface area contributed by atoms with Crippen LogP contribution < -0.4 is 10.6 Å². The number of aromatic amines is 1. The molecular formula is C18H19F4N5S. The lowest BCUT2D eigenvalue weighted by Gasteiger charge is -2.11. The second kappa shape index (κ2) is 8.59. The summed E-state index contributed by atoms with van der Waals surface area (Å²) in [5.74, 6) is 0.268. The zero-order valence-electron chi connectivity index (χ0n) is 15.0. The lowest BCUT2D eigenvalue weighted by Crippen LogP contribution is -2.39. The first-order chi connectivity index (χ1) is 13.4. The first-order valence-electron chi connectivity index (χ1n) is 8.58. The molecule has 3 rings (SSSR count). The molecule has 0 spiro atoms. The molecule has 0 saturated carbocycles. The molecule has 1 aromatic carbocycles. The number of aliphatic imine (C=N–C) groups is 1. The molecule has 0 aliphatic rings. The lowest BCUT2D eigenvalue weighted by atomic mass is 10.1. The van der Waals surface area contributed by atoms with Crippen molar-refractivity contribution < 1.29 is 17.6 Å². The largest absolute Gasteiger partial charge is 0.434 e. The zero-order chi connectivity index (χ0) is 20.1. The number of guanidine groups is 1. The number of halogens is 4. The number of rotatable bonds is 6. The molecule has 0 aliphatic carbocycles. The highest BCUT2D eigenvalue weighted by Crippen LogP contribution is 2.30. The number of hydrogen-bond acceptors (Lipinski definition) is 3. The van der Waals surface area contributed by atoms with Crippen LogP contribution in [0.1, 0.15) is 16.3 Å². The summed E-state index contributed by atoms with van der Waals surface area (Å²) >= 11 is 0.992. The minimum absolute atomic E-state index is 0.286. The van der Waals surface area contributed by atoms with Crippen molar-refractivity contribution in [3.05, 3.63) is 51.9 Å². The summed E-state index contributed by atoms with van der Waals surface area (Å²) in [5, 5.41) is 8.62. The Morgan fingerprint density at radius 2 is 1.96 bits per heavy atom. The van der Waals surface area contributed by atoms with Gasteiger partial charge < -0.3 is 15.6 Å². The second-order valence-corrected chi connectivity index (χ2v) is 7.00. The predicted octanol–water partition coefficient (Wildman–Crippen LogP) is 3.73. The van der Waals surface area contributed by atoms with Gasteiger partial charge in [0, 0.05) is 49.0 Å². The van der Waals surface area contributed by atoms with E-state index >= 15 is 0 Å². The summed E-state index contributed by atoms with van der Waals surface area (Å²) in [6.07, 6.45) is -1.49. The molecule has 0 atom stereocenters. The van der Waals surface area contributed by atoms with E-state index in [1.54, 1.807) is 13.1 Å². The van der Waals surface area contributed by atoms with Gasteiger partial charge in [0.05, 0.1) is 5.01 Å². The maximum absolute atomic E-state index is 13.2. The van der Waals surface area contributed by atoms with E-state index in [1.807, 2.05) is 6.20 Å². The van der Waals surface area contributed by atoms with Gasteiger partial charge in [0.15, 0.2) is 11.7 Å². The Labute approximate surface area is 162 Å². The summed E-state index contributed by atoms with van der Waals surface area (Å²) in [4.78, 5) is 10.7. The molecule has 0 radical (unpaired) electrons. The molecule has 2 aromatic heterocycles. The smallest absolute Gasteiger partial charge is 0.361 e. The third kappa shape index (κ3) is 5.00. The Bertz CT molecular complexity index is 960. The highest BCUT2D eigenvalue weighted by molar-refractivity contribution is 7.09. The van der Waals surface area contributed by atoms with Crippen LogP contribution in [0.5, 0.6) is 0 Å². The van der Waals surface area contributed by atoms with E-state index in [-0.39, 0.29) is 5.82 Å². The fraction of sp³-hybridized carbons (Fsp3) is 0.333. The van der Waals surface area contributed by atoms with Crippen LogP contribution in [-0.2, 0) is 19.0 Å². The number of benzene rings is 1. The summed E-state index contributed by atoms with van der Waals surface area (Å²) in [6, 6.07) is 4.62. The third-order valence-electron chi connectivity index (χ3n) is 4.11. The normalized spacial score (nSPS) is 12.5. The van der Waals surface area contributed by atoms with Crippen LogP contribution >= 0.6 is 11.3 Å². The molecule has 150 valence electrons. The highest BCUT2D eigenvalue weighted by atomic mass is 32.1. The molecule has 0 amide bonds. The molecule has 0 bridgehead atoms. The number of nitrogens with zero attached hydrogens (tertiary/aromatic N) is 2. The highest BCUT2D eigenvalue weighted by Gasteiger charge is 2.33. The van der Waals surface area contributed by atoms with E-state index in [0.29, 0.717) is 36.9 Å². The molecule has 0 aliphatic heterocycles. The molecule has 5 nitrogen and oxygen atoms in total. The van der Waals surface area contributed by atoms with Gasteiger partial charge in [-0.05, 0) is 30.2 Å². The van der Waals surface area contributed by atoms with Crippen LogP contribution in [0.2, 0.25) is 0 Å². The van der Waals surface area contributed by atoms with Gasteiger partial charge in [-0.1, -0.05) is 0 Å². The average Bonchev–Trinajstić information content (AvgIpc) is 3.27. The summed E-state index contributed by atoms with van der Waals surface area (Å²) < 4.78 is 50.9. The standard InChI is InChI=1S/C18H19F4N5S/c1-23-17(25-7-5-16-27-15(10-28-16)18(20,21)22)24-6-4-11-9-26-14-8-12(19)2-3-13(11)14/h2-3,8-10,26H,4-7H2,1H3,(H2,23,24,25). The van der Waals surface area contributed by atoms with Crippen molar-refractivity contribution in [3.8, 4) is 0 Å². The van der Waals surface area contributed by atoms with Crippen molar-refractivity contribution in [1.82, 2.24) is 20.6 Å². The Kier molecular flexibility index (Phi) is 6.18. The van der Waals surface area contributed by atoms with Crippen LogP contribution in [0.4, 0.5) is 17.6 Å². The Morgan fingerprint density at radius 3 is 2.64 bits per heavy atom. The van der Waals surface area contributed by atoms with Crippen LogP contribution in [-0.4, -0.2) is 36.1 Å². The molecule has 3 N–H and O–H groups in total. The van der Waals surface area contributed by atoms with Crippen molar-refractivity contribution >= 4 is 28.2 Å². The zero-order valence-corrected chi connectivity index (χ0v) is 15.8. The average molecular weight is 413 g/mol. The maximum Gasteiger partial charge on any atom is 0.434 e. The van der Waals surface area contributed by atoms with Crippen LogP contribution in [0.15, 0.2) is 34.8 Å². The van der Waals surface area contributed by atoms with Crippen molar-refractivity contribution in [2.45, 2.75) is 19.0 Å². The van der Waals surface area contributed by atoms with E-state index < -0.39 is 11.9 Å². The van der Waals surface area contributed by atoms with Gasteiger partial charge in [0.25, 0.3) is 0 Å². The molecule has 3 aromatic rings. The van der Waals surface area contributed by atoms with Crippen molar-refractivity contribution in [1.29, 1.82) is 0 Å². The summed E-state index contributed by atoms with van der Waals surface area (Å²) in [7, 11) is 1.62. The van der Waals surface area contributed by atoms with Crippen molar-refractivity contribution in [2.75, 3.05) is 20.1 Å². The number of aromatic nitrogens is 2. The van der Waals surface area contributed by atoms with Crippen molar-refractivity contribution in [2.24, 2.45) is 4.99 Å². The van der Waals surface area contributed by atoms with Gasteiger partial charge in [-0.3, -0.25) is 4.99 Å². The quantitative estimate of drug-likeness (QED) is 0.328. The number of thiazole rings is 1. The van der Waals surface area contributed by atoms with E-state index in [2.05, 4.69) is 25.6 Å². The van der Waals surface area contributed by atoms with Crippen LogP contribution in [0, 0.1) is 5.82 Å². The molecule has 2 heterocycles. The number of alkyl halides is 3. The van der Waals surface area contributed by atoms with E-state index in [9.17, 15) is 17.6 Å². The van der Waals surface area contributed by atoms with Crippen molar-refractivity contribution in [3.63, 3.8) is 0 Å². The summed E-state index contributed by atoms with van der Waals surface area (Å²) in [6.45, 7) is 1.01. The Balaban J connectivity index is 1.45. The van der Waals surface area contributed by atoms with Gasteiger partial charge in [0.1, 0.15) is 5.82 Å². The third-order valence-corrected chi connectivity index (χ3v) is 5.02. The minimum atomic E-state index is -4.41. The summed E-state index contributed by atoms with van der Waals surface area (Å²) in [5.41, 5.74) is 0.952. The Hall–Kier alpha value is -2.62. The molecule has 0 fully saturated rings. The SMILES string of the molecule is CN=C(NCCc1nc(C(F)(F)F)cs1)NCCc1c[nH]c2cc(F)ccc12. The lowest BCUT2D eigenvalue weighted by molar-refractivity contribution is -0.140. The molecular weight excluding hydrogens is 394 g/mol. The second-order valence-electron chi connectivity index (χ2n) is 6.05. The monoisotopic (exact) mass is 413 g/mol. The van der Waals surface area contributed by atoms with Crippen LogP contribution in [0.25, 0.3) is 10.9 Å². The predicted molar refractivity (Wildman–Crippen MR) is 102 cm³/mol. The maximum atomic E-state index is 13.2. The minimum Gasteiger partial charge on any atom is -0.361 e. The molecule has 28 heavy (non-hydrogen) atoms. The van der Waals surface area contributed by atoms with Crippen LogP contribution in [0.3, 0.4) is 0 Å². The Morgan fingerprint density at radius 1 is 1.21 bits per heavy atom. The topological polar surface area (TPSA) is 65.1 Å². The van der Waals surface area contributed by atoms with E-state index in [0.717, 1.165) is 33.2 Å². The molecule has 10 heteroatoms. The van der Waals surface area contributed by atoms with Gasteiger partial charge in [0.2, 0.25) is 0 Å². The van der Waals surface area contributed by atoms with Gasteiger partial charge in [-0.2, -0.15) is 13.2 Å². The fourth-order valence-electron chi connectivity index (χ4n) is 2.75. The first kappa shape index (κ1) is 20.1. The number of hydrogen-bond donors (Lipinski definition) is 3. The van der Waals surface area contributed by atoms with Gasteiger partial charge in [-0.15, -0.1) is 11.3 Å². The van der Waals surface area contributed by atoms with E-state index in [4.69, 9.17) is 0 Å². The number of H-pyrrole nitrogens is 1. The van der Waals surface area contributed by atoms with E-state index in [1.165, 1.54) is 12.1 Å². The fourth-order valence-corrected chi connectivity index (χ4v) is 3.55. The van der Waals surface area contributed by atoms with Gasteiger partial charge >= 0.3 is 6.18 Å². The number of nitrogens with one attached hydrogen (secondary N) is 3. The molecule has 0 unspecified atom stereocenters. The number of fused-ring (bicyclic) bond motifs is 1. The molecule has 0 saturated heterocycles.